The van der Waals surface area contributed by atoms with Crippen LogP contribution in [-0.2, 0) is 16.0 Å². The second kappa shape index (κ2) is 6.16. The van der Waals surface area contributed by atoms with Crippen molar-refractivity contribution in [3.8, 4) is 0 Å². The molecule has 0 fully saturated rings. The molecule has 0 bridgehead atoms. The highest BCUT2D eigenvalue weighted by Gasteiger charge is 2.02. The predicted molar refractivity (Wildman–Crippen MR) is 67.2 cm³/mol. The standard InChI is InChI=1S/C13H16N2O3/c1-2-17-13(16)8-14-6-5-10-3-4-11-12(7-10)18-9-15-11/h3-4,7,9,14H,2,5-6,8H2,1H3. The summed E-state index contributed by atoms with van der Waals surface area (Å²) in [6, 6.07) is 5.91. The summed E-state index contributed by atoms with van der Waals surface area (Å²) in [7, 11) is 0. The van der Waals surface area contributed by atoms with E-state index in [4.69, 9.17) is 9.15 Å². The summed E-state index contributed by atoms with van der Waals surface area (Å²) in [5, 5.41) is 3.04. The van der Waals surface area contributed by atoms with E-state index in [1.165, 1.54) is 6.39 Å². The molecule has 1 N–H and O–H groups in total. The maximum atomic E-state index is 11.1. The maximum Gasteiger partial charge on any atom is 0.319 e. The number of esters is 1. The van der Waals surface area contributed by atoms with Crippen LogP contribution in [0.1, 0.15) is 12.5 Å². The third-order valence-corrected chi connectivity index (χ3v) is 2.56. The van der Waals surface area contributed by atoms with E-state index in [2.05, 4.69) is 10.3 Å². The van der Waals surface area contributed by atoms with Crippen LogP contribution in [0, 0.1) is 0 Å². The number of nitrogens with one attached hydrogen (secondary N) is 1. The number of hydrogen-bond donors (Lipinski definition) is 1. The van der Waals surface area contributed by atoms with E-state index in [0.29, 0.717) is 6.61 Å². The highest BCUT2D eigenvalue weighted by atomic mass is 16.5. The number of carbonyl (C=O) groups is 1. The Morgan fingerprint density at radius 3 is 3.22 bits per heavy atom. The summed E-state index contributed by atoms with van der Waals surface area (Å²) in [5.41, 5.74) is 2.80. The summed E-state index contributed by atoms with van der Waals surface area (Å²) in [4.78, 5) is 15.1. The van der Waals surface area contributed by atoms with Gasteiger partial charge in [-0.15, -0.1) is 0 Å². The molecular weight excluding hydrogens is 232 g/mol. The molecule has 2 aromatic rings. The predicted octanol–water partition coefficient (Wildman–Crippen LogP) is 1.52. The molecule has 18 heavy (non-hydrogen) atoms. The topological polar surface area (TPSA) is 64.4 Å². The molecule has 2 rings (SSSR count). The molecule has 0 saturated carbocycles. The van der Waals surface area contributed by atoms with Gasteiger partial charge in [0.05, 0.1) is 13.2 Å². The van der Waals surface area contributed by atoms with Gasteiger partial charge in [-0.25, -0.2) is 4.98 Å². The van der Waals surface area contributed by atoms with Gasteiger partial charge in [0, 0.05) is 0 Å². The Kier molecular flexibility index (Phi) is 4.30. The van der Waals surface area contributed by atoms with E-state index in [1.54, 1.807) is 6.92 Å². The number of nitrogens with zero attached hydrogens (tertiary/aromatic N) is 1. The van der Waals surface area contributed by atoms with Crippen molar-refractivity contribution in [3.05, 3.63) is 30.2 Å². The molecule has 96 valence electrons. The van der Waals surface area contributed by atoms with Crippen molar-refractivity contribution < 1.29 is 13.9 Å². The van der Waals surface area contributed by atoms with Crippen LogP contribution in [-0.4, -0.2) is 30.6 Å². The van der Waals surface area contributed by atoms with Gasteiger partial charge in [-0.2, -0.15) is 0 Å². The first-order valence-corrected chi connectivity index (χ1v) is 5.98. The van der Waals surface area contributed by atoms with Gasteiger partial charge in [0.2, 0.25) is 0 Å². The number of hydrogen-bond acceptors (Lipinski definition) is 5. The lowest BCUT2D eigenvalue weighted by Gasteiger charge is -2.04. The molecule has 0 aliphatic rings. The quantitative estimate of drug-likeness (QED) is 0.620. The summed E-state index contributed by atoms with van der Waals surface area (Å²) >= 11 is 0. The average molecular weight is 248 g/mol. The van der Waals surface area contributed by atoms with Crippen molar-refractivity contribution in [2.75, 3.05) is 19.7 Å². The van der Waals surface area contributed by atoms with Crippen molar-refractivity contribution in [2.24, 2.45) is 0 Å². The van der Waals surface area contributed by atoms with E-state index >= 15 is 0 Å². The Hall–Kier alpha value is -1.88. The van der Waals surface area contributed by atoms with Crippen LogP contribution < -0.4 is 5.32 Å². The number of aromatic nitrogens is 1. The van der Waals surface area contributed by atoms with Crippen molar-refractivity contribution in [2.45, 2.75) is 13.3 Å². The molecule has 5 nitrogen and oxygen atoms in total. The van der Waals surface area contributed by atoms with E-state index in [1.807, 2.05) is 18.2 Å². The fraction of sp³-hybridized carbons (Fsp3) is 0.385. The zero-order chi connectivity index (χ0) is 12.8. The Labute approximate surface area is 105 Å². The molecule has 0 spiro atoms. The van der Waals surface area contributed by atoms with Gasteiger partial charge in [-0.05, 0) is 37.6 Å². The van der Waals surface area contributed by atoms with Crippen LogP contribution in [0.4, 0.5) is 0 Å². The molecule has 0 aliphatic heterocycles. The van der Waals surface area contributed by atoms with Crippen LogP contribution >= 0.6 is 0 Å². The first-order valence-electron chi connectivity index (χ1n) is 5.98. The zero-order valence-corrected chi connectivity index (χ0v) is 10.3. The van der Waals surface area contributed by atoms with Crippen molar-refractivity contribution in [3.63, 3.8) is 0 Å². The molecule has 0 unspecified atom stereocenters. The van der Waals surface area contributed by atoms with Gasteiger partial charge in [0.15, 0.2) is 12.0 Å². The highest BCUT2D eigenvalue weighted by molar-refractivity contribution is 5.73. The number of ether oxygens (including phenoxy) is 1. The second-order valence-electron chi connectivity index (χ2n) is 3.89. The SMILES string of the molecule is CCOC(=O)CNCCc1ccc2ncoc2c1. The van der Waals surface area contributed by atoms with E-state index in [0.717, 1.165) is 29.6 Å². The van der Waals surface area contributed by atoms with Gasteiger partial charge < -0.3 is 14.5 Å². The minimum Gasteiger partial charge on any atom is -0.465 e. The fourth-order valence-corrected chi connectivity index (χ4v) is 1.69. The van der Waals surface area contributed by atoms with E-state index < -0.39 is 0 Å². The lowest BCUT2D eigenvalue weighted by molar-refractivity contribution is -0.141. The molecule has 0 atom stereocenters. The fourth-order valence-electron chi connectivity index (χ4n) is 1.69. The lowest BCUT2D eigenvalue weighted by atomic mass is 10.1. The molecule has 5 heteroatoms. The summed E-state index contributed by atoms with van der Waals surface area (Å²) in [6.07, 6.45) is 2.27. The molecule has 0 amide bonds. The minimum absolute atomic E-state index is 0.219. The first-order chi connectivity index (χ1) is 8.79. The van der Waals surface area contributed by atoms with Crippen LogP contribution in [0.2, 0.25) is 0 Å². The Morgan fingerprint density at radius 2 is 2.39 bits per heavy atom. The third kappa shape index (κ3) is 3.30. The molecule has 0 aliphatic carbocycles. The molecule has 0 radical (unpaired) electrons. The van der Waals surface area contributed by atoms with Crippen molar-refractivity contribution in [1.29, 1.82) is 0 Å². The van der Waals surface area contributed by atoms with Gasteiger partial charge in [0.25, 0.3) is 0 Å². The normalized spacial score (nSPS) is 10.7. The summed E-state index contributed by atoms with van der Waals surface area (Å²) in [6.45, 7) is 3.18. The smallest absolute Gasteiger partial charge is 0.319 e. The average Bonchev–Trinajstić information content (AvgIpc) is 2.82. The molecule has 0 saturated heterocycles. The van der Waals surface area contributed by atoms with Gasteiger partial charge >= 0.3 is 5.97 Å². The van der Waals surface area contributed by atoms with Crippen LogP contribution in [0.25, 0.3) is 11.1 Å². The second-order valence-corrected chi connectivity index (χ2v) is 3.89. The number of rotatable bonds is 6. The monoisotopic (exact) mass is 248 g/mol. The largest absolute Gasteiger partial charge is 0.465 e. The van der Waals surface area contributed by atoms with Gasteiger partial charge in [-0.1, -0.05) is 6.07 Å². The van der Waals surface area contributed by atoms with Crippen LogP contribution in [0.3, 0.4) is 0 Å². The lowest BCUT2D eigenvalue weighted by Crippen LogP contribution is -2.26. The molecule has 1 aromatic heterocycles. The minimum atomic E-state index is -0.219. The Balaban J connectivity index is 1.77. The number of fused-ring (bicyclic) bond motifs is 1. The Morgan fingerprint density at radius 1 is 1.50 bits per heavy atom. The summed E-state index contributed by atoms with van der Waals surface area (Å²) in [5.74, 6) is -0.219. The molecular formula is C13H16N2O3. The third-order valence-electron chi connectivity index (χ3n) is 2.56. The van der Waals surface area contributed by atoms with Crippen LogP contribution in [0.5, 0.6) is 0 Å². The van der Waals surface area contributed by atoms with Crippen molar-refractivity contribution in [1.82, 2.24) is 10.3 Å². The number of carbonyl (C=O) groups excluding carboxylic acids is 1. The highest BCUT2D eigenvalue weighted by Crippen LogP contribution is 2.14. The molecule has 1 aromatic carbocycles. The maximum absolute atomic E-state index is 11.1. The van der Waals surface area contributed by atoms with Gasteiger partial charge in [0.1, 0.15) is 5.52 Å². The van der Waals surface area contributed by atoms with Crippen molar-refractivity contribution >= 4 is 17.1 Å². The molecule has 1 heterocycles. The Bertz CT molecular complexity index is 522. The van der Waals surface area contributed by atoms with E-state index in [9.17, 15) is 4.79 Å². The van der Waals surface area contributed by atoms with Crippen LogP contribution in [0.15, 0.2) is 29.0 Å². The summed E-state index contributed by atoms with van der Waals surface area (Å²) < 4.78 is 10.0. The van der Waals surface area contributed by atoms with E-state index in [-0.39, 0.29) is 12.5 Å². The number of oxazole rings is 1. The zero-order valence-electron chi connectivity index (χ0n) is 10.3. The van der Waals surface area contributed by atoms with Gasteiger partial charge in [-0.3, -0.25) is 4.79 Å². The first kappa shape index (κ1) is 12.6. The number of benzene rings is 1.